The van der Waals surface area contributed by atoms with Crippen LogP contribution in [-0.2, 0) is 16.1 Å². The maximum absolute atomic E-state index is 13.3. The Balaban J connectivity index is 1.37. The highest BCUT2D eigenvalue weighted by Gasteiger charge is 2.39. The first-order chi connectivity index (χ1) is 17.4. The van der Waals surface area contributed by atoms with Gasteiger partial charge in [0.2, 0.25) is 5.91 Å². The van der Waals surface area contributed by atoms with Crippen LogP contribution in [0, 0.1) is 0 Å². The van der Waals surface area contributed by atoms with Crippen LogP contribution in [0.4, 0.5) is 10.5 Å². The van der Waals surface area contributed by atoms with Crippen molar-refractivity contribution in [1.29, 1.82) is 0 Å². The van der Waals surface area contributed by atoms with Crippen LogP contribution in [0.25, 0.3) is 0 Å². The van der Waals surface area contributed by atoms with Gasteiger partial charge in [-0.25, -0.2) is 4.79 Å². The Kier molecular flexibility index (Phi) is 8.43. The molecule has 2 aromatic carbocycles. The van der Waals surface area contributed by atoms with Crippen molar-refractivity contribution < 1.29 is 23.9 Å². The summed E-state index contributed by atoms with van der Waals surface area (Å²) in [5.74, 6) is 0.183. The Morgan fingerprint density at radius 3 is 2.67 bits per heavy atom. The summed E-state index contributed by atoms with van der Waals surface area (Å²) in [6, 6.07) is 14.3. The highest BCUT2D eigenvalue weighted by molar-refractivity contribution is 5.99. The molecule has 1 saturated heterocycles. The van der Waals surface area contributed by atoms with Crippen LogP contribution >= 0.6 is 0 Å². The molecule has 2 aliphatic rings. The molecule has 0 bridgehead atoms. The molecular weight excluding hydrogens is 460 g/mol. The zero-order chi connectivity index (χ0) is 25.5. The topological polar surface area (TPSA) is 109 Å². The van der Waals surface area contributed by atoms with E-state index in [1.165, 1.54) is 0 Å². The molecule has 2 heterocycles. The number of nitrogens with zero attached hydrogens (tertiary/aromatic N) is 1. The summed E-state index contributed by atoms with van der Waals surface area (Å²) in [6.45, 7) is 3.29. The molecule has 0 saturated carbocycles. The molecule has 3 N–H and O–H groups in total. The van der Waals surface area contributed by atoms with E-state index in [0.717, 1.165) is 12.0 Å². The van der Waals surface area contributed by atoms with Crippen LogP contribution in [0.1, 0.15) is 48.5 Å². The number of benzene rings is 2. The number of urea groups is 1. The number of ether oxygens (including phenoxy) is 2. The smallest absolute Gasteiger partial charge is 0.319 e. The number of hydrogen-bond donors (Lipinski definition) is 3. The Morgan fingerprint density at radius 2 is 1.89 bits per heavy atom. The SMILES string of the molecule is CCCNC(=O)Nc1ccc2c(c1)C(=O)N(C)[C@@H]1CC[C@@H](CC(=O)NCc3ccccc3)O[C@@H]1CO2. The molecule has 192 valence electrons. The van der Waals surface area contributed by atoms with Crippen molar-refractivity contribution in [2.45, 2.75) is 57.4 Å². The molecular formula is C27H34N4O5. The fourth-order valence-corrected chi connectivity index (χ4v) is 4.59. The summed E-state index contributed by atoms with van der Waals surface area (Å²) < 4.78 is 12.3. The molecule has 9 nitrogen and oxygen atoms in total. The van der Waals surface area contributed by atoms with E-state index in [4.69, 9.17) is 9.47 Å². The van der Waals surface area contributed by atoms with E-state index in [2.05, 4.69) is 16.0 Å². The van der Waals surface area contributed by atoms with Gasteiger partial charge in [-0.1, -0.05) is 37.3 Å². The van der Waals surface area contributed by atoms with Crippen molar-refractivity contribution in [3.05, 3.63) is 59.7 Å². The van der Waals surface area contributed by atoms with Gasteiger partial charge in [0, 0.05) is 25.8 Å². The quantitative estimate of drug-likeness (QED) is 0.547. The van der Waals surface area contributed by atoms with E-state index < -0.39 is 0 Å². The minimum Gasteiger partial charge on any atom is -0.490 e. The molecule has 4 amide bonds. The Labute approximate surface area is 211 Å². The van der Waals surface area contributed by atoms with Gasteiger partial charge in [0.05, 0.1) is 24.1 Å². The van der Waals surface area contributed by atoms with Crippen LogP contribution in [0.15, 0.2) is 48.5 Å². The van der Waals surface area contributed by atoms with Gasteiger partial charge in [-0.2, -0.15) is 0 Å². The molecule has 0 unspecified atom stereocenters. The number of rotatable bonds is 7. The number of hydrogen-bond acceptors (Lipinski definition) is 5. The molecule has 3 atom stereocenters. The second kappa shape index (κ2) is 11.9. The highest BCUT2D eigenvalue weighted by atomic mass is 16.5. The summed E-state index contributed by atoms with van der Waals surface area (Å²) in [5.41, 5.74) is 1.96. The molecule has 1 fully saturated rings. The third-order valence-electron chi connectivity index (χ3n) is 6.55. The van der Waals surface area contributed by atoms with Crippen molar-refractivity contribution >= 4 is 23.5 Å². The standard InChI is InChI=1S/C27H34N4O5/c1-3-13-28-27(34)30-19-9-12-23-21(14-19)26(33)31(2)22-11-10-20(36-24(22)17-35-23)15-25(32)29-16-18-7-5-4-6-8-18/h4-9,12,14,20,22,24H,3,10-11,13,15-17H2,1-2H3,(H,29,32)(H2,28,30,34)/t20-,22+,24+/m0/s1. The van der Waals surface area contributed by atoms with E-state index in [-0.39, 0.29) is 49.1 Å². The van der Waals surface area contributed by atoms with Gasteiger partial charge in [-0.3, -0.25) is 9.59 Å². The Bertz CT molecular complexity index is 1080. The molecule has 36 heavy (non-hydrogen) atoms. The number of carbonyl (C=O) groups excluding carboxylic acids is 3. The van der Waals surface area contributed by atoms with Gasteiger partial charge >= 0.3 is 6.03 Å². The van der Waals surface area contributed by atoms with Crippen LogP contribution in [0.2, 0.25) is 0 Å². The monoisotopic (exact) mass is 494 g/mol. The molecule has 0 aromatic heterocycles. The molecule has 9 heteroatoms. The molecule has 2 aromatic rings. The van der Waals surface area contributed by atoms with Gasteiger partial charge in [0.15, 0.2) is 0 Å². The van der Waals surface area contributed by atoms with Gasteiger partial charge < -0.3 is 30.3 Å². The van der Waals surface area contributed by atoms with Gasteiger partial charge in [-0.15, -0.1) is 0 Å². The van der Waals surface area contributed by atoms with Crippen LogP contribution in [0.3, 0.4) is 0 Å². The first-order valence-electron chi connectivity index (χ1n) is 12.5. The lowest BCUT2D eigenvalue weighted by atomic mass is 9.94. The van der Waals surface area contributed by atoms with E-state index in [0.29, 0.717) is 42.9 Å². The molecule has 0 spiro atoms. The lowest BCUT2D eigenvalue weighted by Crippen LogP contribution is -2.53. The van der Waals surface area contributed by atoms with Crippen LogP contribution in [-0.4, -0.2) is 61.2 Å². The van der Waals surface area contributed by atoms with Crippen LogP contribution in [0.5, 0.6) is 5.75 Å². The average Bonchev–Trinajstić information content (AvgIpc) is 2.89. The van der Waals surface area contributed by atoms with E-state index in [9.17, 15) is 14.4 Å². The van der Waals surface area contributed by atoms with Crippen molar-refractivity contribution in [3.8, 4) is 5.75 Å². The minimum atomic E-state index is -0.342. The third-order valence-corrected chi connectivity index (χ3v) is 6.55. The summed E-state index contributed by atoms with van der Waals surface area (Å²) in [7, 11) is 1.76. The second-order valence-electron chi connectivity index (χ2n) is 9.23. The van der Waals surface area contributed by atoms with Crippen molar-refractivity contribution in [3.63, 3.8) is 0 Å². The maximum atomic E-state index is 13.3. The largest absolute Gasteiger partial charge is 0.490 e. The number of likely N-dealkylation sites (N-methyl/N-ethyl adjacent to an activating group) is 1. The van der Waals surface area contributed by atoms with Gasteiger partial charge in [0.25, 0.3) is 5.91 Å². The molecule has 2 aliphatic heterocycles. The van der Waals surface area contributed by atoms with Crippen molar-refractivity contribution in [2.24, 2.45) is 0 Å². The van der Waals surface area contributed by atoms with Crippen molar-refractivity contribution in [1.82, 2.24) is 15.5 Å². The summed E-state index contributed by atoms with van der Waals surface area (Å²) in [6.07, 6.45) is 1.90. The zero-order valence-corrected chi connectivity index (χ0v) is 20.8. The molecule has 0 radical (unpaired) electrons. The Hall–Kier alpha value is -3.59. The first kappa shape index (κ1) is 25.5. The third kappa shape index (κ3) is 6.34. The van der Waals surface area contributed by atoms with E-state index in [1.54, 1.807) is 30.1 Å². The fourth-order valence-electron chi connectivity index (χ4n) is 4.59. The van der Waals surface area contributed by atoms with Gasteiger partial charge in [0.1, 0.15) is 18.5 Å². The van der Waals surface area contributed by atoms with Gasteiger partial charge in [-0.05, 0) is 43.0 Å². The summed E-state index contributed by atoms with van der Waals surface area (Å²) in [4.78, 5) is 39.5. The summed E-state index contributed by atoms with van der Waals surface area (Å²) >= 11 is 0. The van der Waals surface area contributed by atoms with Crippen molar-refractivity contribution in [2.75, 3.05) is 25.5 Å². The normalized spacial score (nSPS) is 21.2. The van der Waals surface area contributed by atoms with E-state index >= 15 is 0 Å². The average molecular weight is 495 g/mol. The maximum Gasteiger partial charge on any atom is 0.319 e. The lowest BCUT2D eigenvalue weighted by molar-refractivity contribution is -0.134. The molecule has 0 aliphatic carbocycles. The fraction of sp³-hybridized carbons (Fsp3) is 0.444. The first-order valence-corrected chi connectivity index (χ1v) is 12.5. The van der Waals surface area contributed by atoms with E-state index in [1.807, 2.05) is 37.3 Å². The minimum absolute atomic E-state index is 0.0631. The Morgan fingerprint density at radius 1 is 1.08 bits per heavy atom. The second-order valence-corrected chi connectivity index (χ2v) is 9.23. The lowest BCUT2D eigenvalue weighted by Gasteiger charge is -2.42. The number of anilines is 1. The summed E-state index contributed by atoms with van der Waals surface area (Å²) in [5, 5.41) is 8.46. The predicted molar refractivity (Wildman–Crippen MR) is 136 cm³/mol. The predicted octanol–water partition coefficient (Wildman–Crippen LogP) is 3.31. The number of fused-ring (bicyclic) bond motifs is 2. The zero-order valence-electron chi connectivity index (χ0n) is 20.8. The molecule has 4 rings (SSSR count). The number of amides is 4. The number of carbonyl (C=O) groups is 3. The highest BCUT2D eigenvalue weighted by Crippen LogP contribution is 2.32. The van der Waals surface area contributed by atoms with Crippen LogP contribution < -0.4 is 20.7 Å². The number of nitrogens with one attached hydrogen (secondary N) is 3.